The minimum atomic E-state index is -0.284. The number of hydrogen-bond acceptors (Lipinski definition) is 2. The maximum atomic E-state index is 11.8. The van der Waals surface area contributed by atoms with Gasteiger partial charge in [-0.25, -0.2) is 0 Å². The zero-order valence-electron chi connectivity index (χ0n) is 9.75. The van der Waals surface area contributed by atoms with E-state index in [2.05, 4.69) is 16.3 Å². The van der Waals surface area contributed by atoms with Gasteiger partial charge in [-0.3, -0.25) is 4.79 Å². The summed E-state index contributed by atoms with van der Waals surface area (Å²) in [7, 11) is 0. The Hall–Kier alpha value is -1.61. The molecular weight excluding hydrogens is 292 g/mol. The molecule has 2 aromatic carbocycles. The van der Waals surface area contributed by atoms with Gasteiger partial charge < -0.3 is 3.83 Å². The first-order valence-corrected chi connectivity index (χ1v) is 6.37. The smallest absolute Gasteiger partial charge is 0.325 e. The minimum absolute atomic E-state index is 0.273. The highest BCUT2D eigenvalue weighted by Crippen LogP contribution is 2.23. The van der Waals surface area contributed by atoms with E-state index in [4.69, 9.17) is 3.83 Å². The summed E-state index contributed by atoms with van der Waals surface area (Å²) in [5.74, 6) is -0.557. The molecule has 1 unspecified atom stereocenters. The molecule has 0 N–H and O–H groups in total. The Labute approximate surface area is 115 Å². The molecule has 0 amide bonds. The second-order valence-corrected chi connectivity index (χ2v) is 4.37. The highest BCUT2D eigenvalue weighted by Gasteiger charge is 2.22. The topological polar surface area (TPSA) is 26.3 Å². The number of benzene rings is 2. The van der Waals surface area contributed by atoms with Gasteiger partial charge in [-0.15, -0.1) is 0 Å². The van der Waals surface area contributed by atoms with Crippen molar-refractivity contribution in [3.8, 4) is 0 Å². The van der Waals surface area contributed by atoms with Gasteiger partial charge in [0.25, 0.3) is 0 Å². The fourth-order valence-electron chi connectivity index (χ4n) is 1.93. The van der Waals surface area contributed by atoms with Crippen molar-refractivity contribution in [2.45, 2.75) is 12.3 Å². The normalized spacial score (nSPS) is 11.8. The molecule has 0 spiro atoms. The molecule has 0 aromatic heterocycles. The molecule has 2 rings (SSSR count). The maximum Gasteiger partial charge on any atom is 0.325 e. The number of hydrogen-bond donors (Lipinski definition) is 0. The molecule has 1 atom stereocenters. The third-order valence-corrected chi connectivity index (χ3v) is 3.16. The van der Waals surface area contributed by atoms with Gasteiger partial charge in [0.05, 0.1) is 5.92 Å². The van der Waals surface area contributed by atoms with Crippen LogP contribution in [0.3, 0.4) is 0 Å². The molecule has 0 saturated carbocycles. The average molecular weight is 305 g/mol. The van der Waals surface area contributed by atoms with E-state index in [0.717, 1.165) is 11.1 Å². The van der Waals surface area contributed by atoms with Crippen molar-refractivity contribution >= 4 is 22.2 Å². The Kier molecular flexibility index (Phi) is 4.53. The van der Waals surface area contributed by atoms with Gasteiger partial charge in [-0.1, -0.05) is 60.7 Å². The Morgan fingerprint density at radius 1 is 1.00 bits per heavy atom. The van der Waals surface area contributed by atoms with Crippen LogP contribution in [0, 0.1) is 0 Å². The highest BCUT2D eigenvalue weighted by atomic mass is 79.9. The SMILES string of the molecule is O=C(OBr)C(Cc1ccccc1)c1ccccc1. The number of rotatable bonds is 4. The molecule has 3 heteroatoms. The van der Waals surface area contributed by atoms with E-state index in [1.54, 1.807) is 0 Å². The molecule has 0 aliphatic carbocycles. The first-order chi connectivity index (χ1) is 8.81. The van der Waals surface area contributed by atoms with Crippen molar-refractivity contribution in [2.75, 3.05) is 0 Å². The van der Waals surface area contributed by atoms with Crippen LogP contribution in [0.15, 0.2) is 60.7 Å². The molecule has 2 nitrogen and oxygen atoms in total. The van der Waals surface area contributed by atoms with Gasteiger partial charge in [0.15, 0.2) is 16.3 Å². The van der Waals surface area contributed by atoms with E-state index in [1.807, 2.05) is 60.7 Å². The van der Waals surface area contributed by atoms with Crippen LogP contribution in [0.25, 0.3) is 0 Å². The lowest BCUT2D eigenvalue weighted by Crippen LogP contribution is -2.15. The van der Waals surface area contributed by atoms with Crippen LogP contribution in [0.2, 0.25) is 0 Å². The summed E-state index contributed by atoms with van der Waals surface area (Å²) in [5, 5.41) is 0. The minimum Gasteiger partial charge on any atom is -0.383 e. The van der Waals surface area contributed by atoms with Gasteiger partial charge in [0, 0.05) is 0 Å². The van der Waals surface area contributed by atoms with E-state index in [1.165, 1.54) is 0 Å². The summed E-state index contributed by atoms with van der Waals surface area (Å²) in [6.07, 6.45) is 0.634. The monoisotopic (exact) mass is 304 g/mol. The predicted molar refractivity (Wildman–Crippen MR) is 74.3 cm³/mol. The van der Waals surface area contributed by atoms with Crippen LogP contribution in [-0.2, 0) is 15.0 Å². The molecule has 0 radical (unpaired) electrons. The quantitative estimate of drug-likeness (QED) is 0.857. The predicted octanol–water partition coefficient (Wildman–Crippen LogP) is 3.87. The summed E-state index contributed by atoms with van der Waals surface area (Å²) in [6, 6.07) is 19.6. The van der Waals surface area contributed by atoms with Gasteiger partial charge in [-0.05, 0) is 17.5 Å². The Bertz CT molecular complexity index is 496. The van der Waals surface area contributed by atoms with E-state index in [9.17, 15) is 4.79 Å². The lowest BCUT2D eigenvalue weighted by atomic mass is 9.92. The average Bonchev–Trinajstić information content (AvgIpc) is 2.46. The molecule has 0 saturated heterocycles. The molecule has 0 heterocycles. The molecule has 0 aliphatic rings. The standard InChI is InChI=1S/C15H13BrO2/c16-18-15(17)14(13-9-5-2-6-10-13)11-12-7-3-1-4-8-12/h1-10,14H,11H2. The molecule has 2 aromatic rings. The zero-order valence-corrected chi connectivity index (χ0v) is 11.3. The fourth-order valence-corrected chi connectivity index (χ4v) is 2.15. The third-order valence-electron chi connectivity index (χ3n) is 2.85. The summed E-state index contributed by atoms with van der Waals surface area (Å²) >= 11 is 2.78. The summed E-state index contributed by atoms with van der Waals surface area (Å²) in [6.45, 7) is 0. The van der Waals surface area contributed by atoms with Crippen molar-refractivity contribution < 1.29 is 8.62 Å². The second kappa shape index (κ2) is 6.36. The van der Waals surface area contributed by atoms with Gasteiger partial charge in [-0.2, -0.15) is 0 Å². The summed E-state index contributed by atoms with van der Waals surface area (Å²) < 4.78 is 4.71. The lowest BCUT2D eigenvalue weighted by Gasteiger charge is -2.14. The number of carbonyl (C=O) groups is 1. The van der Waals surface area contributed by atoms with Crippen LogP contribution < -0.4 is 0 Å². The first kappa shape index (κ1) is 12.8. The Morgan fingerprint density at radius 3 is 2.11 bits per heavy atom. The van der Waals surface area contributed by atoms with Gasteiger partial charge in [0.2, 0.25) is 0 Å². The van der Waals surface area contributed by atoms with Crippen LogP contribution in [0.5, 0.6) is 0 Å². The van der Waals surface area contributed by atoms with E-state index < -0.39 is 0 Å². The Balaban J connectivity index is 2.24. The van der Waals surface area contributed by atoms with Crippen LogP contribution >= 0.6 is 16.3 Å². The molecule has 0 aliphatic heterocycles. The van der Waals surface area contributed by atoms with E-state index >= 15 is 0 Å². The largest absolute Gasteiger partial charge is 0.383 e. The Morgan fingerprint density at radius 2 is 1.56 bits per heavy atom. The summed E-state index contributed by atoms with van der Waals surface area (Å²) in [5.41, 5.74) is 2.08. The van der Waals surface area contributed by atoms with Crippen LogP contribution in [0.1, 0.15) is 17.0 Å². The van der Waals surface area contributed by atoms with Gasteiger partial charge >= 0.3 is 5.97 Å². The van der Waals surface area contributed by atoms with Crippen LogP contribution in [-0.4, -0.2) is 5.97 Å². The first-order valence-electron chi connectivity index (χ1n) is 5.72. The van der Waals surface area contributed by atoms with Crippen LogP contribution in [0.4, 0.5) is 0 Å². The molecule has 0 fully saturated rings. The molecule has 92 valence electrons. The number of carbonyl (C=O) groups excluding carboxylic acids is 1. The third kappa shape index (κ3) is 3.20. The van der Waals surface area contributed by atoms with Gasteiger partial charge in [0.1, 0.15) is 0 Å². The van der Waals surface area contributed by atoms with Crippen molar-refractivity contribution in [3.63, 3.8) is 0 Å². The van der Waals surface area contributed by atoms with Crippen molar-refractivity contribution in [1.29, 1.82) is 0 Å². The molecule has 18 heavy (non-hydrogen) atoms. The number of halogens is 1. The fraction of sp³-hybridized carbons (Fsp3) is 0.133. The zero-order chi connectivity index (χ0) is 12.8. The molecular formula is C15H13BrO2. The lowest BCUT2D eigenvalue weighted by molar-refractivity contribution is -0.134. The maximum absolute atomic E-state index is 11.8. The van der Waals surface area contributed by atoms with E-state index in [0.29, 0.717) is 6.42 Å². The second-order valence-electron chi connectivity index (χ2n) is 4.05. The van der Waals surface area contributed by atoms with Crippen molar-refractivity contribution in [2.24, 2.45) is 0 Å². The summed E-state index contributed by atoms with van der Waals surface area (Å²) in [4.78, 5) is 11.8. The molecule has 0 bridgehead atoms. The van der Waals surface area contributed by atoms with E-state index in [-0.39, 0.29) is 11.9 Å². The van der Waals surface area contributed by atoms with Crippen molar-refractivity contribution in [3.05, 3.63) is 71.8 Å². The van der Waals surface area contributed by atoms with Crippen molar-refractivity contribution in [1.82, 2.24) is 0 Å². The highest BCUT2D eigenvalue weighted by molar-refractivity contribution is 9.06.